The molecule has 4 aromatic carbocycles. The maximum Gasteiger partial charge on any atom is 0.270 e. The van der Waals surface area contributed by atoms with Crippen LogP contribution in [0.1, 0.15) is 138 Å². The standard InChI is InChI=1S/C60H63F2N7O8S/c1-60(61,62)41-22-27-51-40(31-41)32-52(78-51)57(75)65-47-36-67(30-13-5-3-2-4-8-19-39-20-14-21-43-45(39)35-68(58(43)76)48-26-29-54(72)66-55(48)73)34-42-23-25-49(69(42)59(47)77)56(74)64-46(24-28-53(63)71)50(70)33-44(37-15-9-6-10-16-37)38-17-11-7-12-18-38/h6-7,9-12,14-18,20-22,27,31-32,42,44,46-49H,2-5,13,23-26,28-30,33-36H2,1H3,(H2,63,71)(H,64,74)(H,65,75)(H,66,72,73)/t42-,46+,47+,48?,49+/m1/s1. The van der Waals surface area contributed by atoms with E-state index >= 15 is 0 Å². The van der Waals surface area contributed by atoms with Gasteiger partial charge < -0.3 is 26.2 Å². The van der Waals surface area contributed by atoms with Crippen LogP contribution in [0, 0.1) is 11.8 Å². The number of nitrogens with two attached hydrogens (primary N) is 1. The Balaban J connectivity index is 0.865. The smallest absolute Gasteiger partial charge is 0.270 e. The van der Waals surface area contributed by atoms with Crippen LogP contribution in [-0.2, 0) is 41.2 Å². The van der Waals surface area contributed by atoms with E-state index in [0.29, 0.717) is 48.0 Å². The summed E-state index contributed by atoms with van der Waals surface area (Å²) in [6.07, 6.45) is 4.95. The fraction of sp³-hybridized carbons (Fsp3) is 0.400. The molecule has 5 N–H and O–H groups in total. The van der Waals surface area contributed by atoms with Gasteiger partial charge in [0.1, 0.15) is 18.1 Å². The number of carbonyl (C=O) groups excluding carboxylic acids is 8. The van der Waals surface area contributed by atoms with E-state index in [-0.39, 0.29) is 79.1 Å². The van der Waals surface area contributed by atoms with Gasteiger partial charge in [-0.15, -0.1) is 11.3 Å². The first kappa shape index (κ1) is 55.1. The highest BCUT2D eigenvalue weighted by Gasteiger charge is 2.47. The van der Waals surface area contributed by atoms with Crippen LogP contribution in [0.2, 0.25) is 0 Å². The van der Waals surface area contributed by atoms with Crippen molar-refractivity contribution in [2.45, 2.75) is 133 Å². The maximum atomic E-state index is 14.9. The molecule has 0 aliphatic carbocycles. The molecule has 1 unspecified atom stereocenters. The molecule has 5 aromatic rings. The number of alkyl halides is 2. The monoisotopic (exact) mass is 1080 g/mol. The second-order valence-corrected chi connectivity index (χ2v) is 21.9. The quantitative estimate of drug-likeness (QED) is 0.0356. The normalized spacial score (nSPS) is 19.9. The number of thiophene rings is 1. The molecule has 5 atom stereocenters. The van der Waals surface area contributed by atoms with E-state index in [9.17, 15) is 47.1 Å². The number of Topliss-reactive ketones (excluding diaryl/α,β-unsaturated/α-hetero) is 1. The Hall–Kier alpha value is -7.62. The van der Waals surface area contributed by atoms with Crippen LogP contribution in [0.15, 0.2) is 103 Å². The van der Waals surface area contributed by atoms with Gasteiger partial charge in [-0.3, -0.25) is 48.6 Å². The van der Waals surface area contributed by atoms with Gasteiger partial charge in [0, 0.05) is 85.6 Å². The van der Waals surface area contributed by atoms with Crippen LogP contribution in [-0.4, -0.2) is 112 Å². The first-order valence-electron chi connectivity index (χ1n) is 26.8. The molecule has 4 aliphatic rings. The van der Waals surface area contributed by atoms with Crippen molar-refractivity contribution < 1.29 is 47.1 Å². The first-order valence-corrected chi connectivity index (χ1v) is 27.6. The molecule has 5 heterocycles. The van der Waals surface area contributed by atoms with E-state index in [2.05, 4.69) is 32.7 Å². The van der Waals surface area contributed by atoms with Gasteiger partial charge in [-0.25, -0.2) is 8.78 Å². The van der Waals surface area contributed by atoms with E-state index in [1.165, 1.54) is 23.1 Å². The number of primary amides is 1. The topological polar surface area (TPSA) is 208 Å². The Bertz CT molecular complexity index is 3130. The predicted octanol–water partition coefficient (Wildman–Crippen LogP) is 7.09. The van der Waals surface area contributed by atoms with Crippen molar-refractivity contribution >= 4 is 68.6 Å². The fourth-order valence-electron chi connectivity index (χ4n) is 11.3. The van der Waals surface area contributed by atoms with Crippen LogP contribution in [0.3, 0.4) is 0 Å². The number of fused-ring (bicyclic) bond motifs is 3. The molecule has 18 heteroatoms. The molecule has 9 rings (SSSR count). The van der Waals surface area contributed by atoms with E-state index < -0.39 is 65.7 Å². The summed E-state index contributed by atoms with van der Waals surface area (Å²) in [5.41, 5.74) is 9.21. The largest absolute Gasteiger partial charge is 0.370 e. The molecule has 0 bridgehead atoms. The molecule has 4 aliphatic heterocycles. The Labute approximate surface area is 455 Å². The fourth-order valence-corrected chi connectivity index (χ4v) is 12.2. The number of amides is 7. The molecule has 7 amide bonds. The molecule has 1 aromatic heterocycles. The number of nitrogens with one attached hydrogen (secondary N) is 3. The summed E-state index contributed by atoms with van der Waals surface area (Å²) in [7, 11) is 0. The number of unbranched alkanes of at least 4 members (excludes halogenated alkanes) is 4. The third-order valence-electron chi connectivity index (χ3n) is 15.3. The Morgan fingerprint density at radius 1 is 0.859 bits per heavy atom. The average Bonchev–Trinajstić information content (AvgIpc) is 4.13. The van der Waals surface area contributed by atoms with Gasteiger partial charge in [0.05, 0.1) is 10.9 Å². The summed E-state index contributed by atoms with van der Waals surface area (Å²) in [6, 6.07) is 26.0. The average molecular weight is 1080 g/mol. The van der Waals surface area contributed by atoms with Crippen molar-refractivity contribution in [3.05, 3.63) is 141 Å². The third-order valence-corrected chi connectivity index (χ3v) is 16.5. The van der Waals surface area contributed by atoms with Crippen molar-refractivity contribution in [1.29, 1.82) is 0 Å². The summed E-state index contributed by atoms with van der Waals surface area (Å²) in [4.78, 5) is 113. The van der Waals surface area contributed by atoms with Gasteiger partial charge in [0.15, 0.2) is 5.78 Å². The number of carbonyl (C=O) groups is 8. The number of hydrogen-bond donors (Lipinski definition) is 4. The highest BCUT2D eigenvalue weighted by atomic mass is 32.1. The lowest BCUT2D eigenvalue weighted by Crippen LogP contribution is -2.57. The van der Waals surface area contributed by atoms with Crippen LogP contribution < -0.4 is 21.7 Å². The van der Waals surface area contributed by atoms with Crippen molar-refractivity contribution in [2.75, 3.05) is 19.6 Å². The number of nitrogens with zero attached hydrogens (tertiary/aromatic N) is 3. The van der Waals surface area contributed by atoms with Crippen LogP contribution in [0.5, 0.6) is 0 Å². The Morgan fingerprint density at radius 3 is 2.29 bits per heavy atom. The molecule has 3 saturated heterocycles. The lowest BCUT2D eigenvalue weighted by Gasteiger charge is -2.31. The minimum Gasteiger partial charge on any atom is -0.370 e. The molecule has 3 fully saturated rings. The third kappa shape index (κ3) is 12.9. The predicted molar refractivity (Wildman–Crippen MR) is 290 cm³/mol. The minimum absolute atomic E-state index is 0.0250. The number of imide groups is 1. The summed E-state index contributed by atoms with van der Waals surface area (Å²) in [5.74, 6) is -0.475. The molecule has 78 heavy (non-hydrogen) atoms. The van der Waals surface area contributed by atoms with Gasteiger partial charge in [-0.05, 0) is 97.5 Å². The lowest BCUT2D eigenvalue weighted by molar-refractivity contribution is -0.141. The summed E-state index contributed by atoms with van der Waals surface area (Å²) in [6.45, 7) is 2.22. The molecular formula is C60H63F2N7O8S. The molecule has 0 radical (unpaired) electrons. The van der Waals surface area contributed by atoms with Gasteiger partial charge in [0.25, 0.3) is 17.7 Å². The van der Waals surface area contributed by atoms with Crippen LogP contribution in [0.4, 0.5) is 8.78 Å². The van der Waals surface area contributed by atoms with E-state index in [0.717, 1.165) is 66.2 Å². The number of rotatable bonds is 20. The molecule has 0 saturated carbocycles. The maximum absolute atomic E-state index is 14.9. The highest BCUT2D eigenvalue weighted by molar-refractivity contribution is 7.20. The highest BCUT2D eigenvalue weighted by Crippen LogP contribution is 2.35. The van der Waals surface area contributed by atoms with E-state index in [1.54, 1.807) is 23.1 Å². The van der Waals surface area contributed by atoms with Crippen LogP contribution >= 0.6 is 11.3 Å². The second-order valence-electron chi connectivity index (χ2n) is 20.8. The number of benzene rings is 4. The Kier molecular flexibility index (Phi) is 17.2. The summed E-state index contributed by atoms with van der Waals surface area (Å²) in [5, 5.41) is 8.68. The minimum atomic E-state index is -3.08. The van der Waals surface area contributed by atoms with Crippen LogP contribution in [0.25, 0.3) is 10.1 Å². The number of halogens is 2. The van der Waals surface area contributed by atoms with Crippen molar-refractivity contribution in [3.63, 3.8) is 0 Å². The molecule has 0 spiro atoms. The van der Waals surface area contributed by atoms with E-state index in [4.69, 9.17) is 5.73 Å². The SMILES string of the molecule is CC(F)(F)c1ccc2sc(C(=O)N[C@H]3CN(CCCCCCC#Cc4cccc5c4CN(C4CCC(=O)NC4=O)C5=O)C[C@H]4CC[C@@H](C(=O)N[C@@H](CCC(N)=O)C(=O)CC(c5ccccc5)c5ccccc5)N4C3=O)cc2c1. The molecular weight excluding hydrogens is 1020 g/mol. The van der Waals surface area contributed by atoms with Crippen molar-refractivity contribution in [2.24, 2.45) is 5.73 Å². The zero-order valence-corrected chi connectivity index (χ0v) is 44.3. The number of hydrogen-bond acceptors (Lipinski definition) is 10. The van der Waals surface area contributed by atoms with Crippen molar-refractivity contribution in [1.82, 2.24) is 30.7 Å². The summed E-state index contributed by atoms with van der Waals surface area (Å²) < 4.78 is 29.2. The van der Waals surface area contributed by atoms with E-state index in [1.807, 2.05) is 66.7 Å². The molecule has 15 nitrogen and oxygen atoms in total. The van der Waals surface area contributed by atoms with Gasteiger partial charge in [0.2, 0.25) is 29.5 Å². The second kappa shape index (κ2) is 24.4. The summed E-state index contributed by atoms with van der Waals surface area (Å²) >= 11 is 1.12. The zero-order chi connectivity index (χ0) is 55.1. The van der Waals surface area contributed by atoms with Gasteiger partial charge in [-0.1, -0.05) is 97.5 Å². The lowest BCUT2D eigenvalue weighted by atomic mass is 9.85. The van der Waals surface area contributed by atoms with Gasteiger partial charge in [-0.2, -0.15) is 0 Å². The number of piperidine rings is 1. The van der Waals surface area contributed by atoms with Gasteiger partial charge >= 0.3 is 0 Å². The van der Waals surface area contributed by atoms with Crippen molar-refractivity contribution in [3.8, 4) is 11.8 Å². The first-order chi connectivity index (χ1) is 37.5. The Morgan fingerprint density at radius 2 is 1.59 bits per heavy atom. The molecule has 406 valence electrons. The zero-order valence-electron chi connectivity index (χ0n) is 43.4. The number of ketones is 1.